The lowest BCUT2D eigenvalue weighted by molar-refractivity contribution is -0.141. The minimum atomic E-state index is -4.09. The normalized spacial score (nSPS) is 16.5. The van der Waals surface area contributed by atoms with Gasteiger partial charge in [0.2, 0.25) is 0 Å². The van der Waals surface area contributed by atoms with E-state index >= 15 is 0 Å². The smallest absolute Gasteiger partial charge is 0.329 e. The lowest BCUT2D eigenvalue weighted by atomic mass is 9.96. The van der Waals surface area contributed by atoms with Crippen LogP contribution >= 0.6 is 0 Å². The van der Waals surface area contributed by atoms with Gasteiger partial charge in [-0.3, -0.25) is 4.90 Å². The van der Waals surface area contributed by atoms with Crippen molar-refractivity contribution in [2.75, 3.05) is 19.6 Å². The maximum Gasteiger partial charge on any atom is 0.390 e. The summed E-state index contributed by atoms with van der Waals surface area (Å²) in [7, 11) is 0. The molecule has 0 spiro atoms. The summed E-state index contributed by atoms with van der Waals surface area (Å²) in [5.74, 6) is 0. The first-order valence-electron chi connectivity index (χ1n) is 5.81. The van der Waals surface area contributed by atoms with Gasteiger partial charge in [0, 0.05) is 18.6 Å². The fourth-order valence-corrected chi connectivity index (χ4v) is 1.68. The van der Waals surface area contributed by atoms with Crippen LogP contribution in [0.2, 0.25) is 0 Å². The molecule has 0 aliphatic rings. The molecule has 0 rings (SSSR count). The predicted octanol–water partition coefficient (Wildman–Crippen LogP) is 2.78. The highest BCUT2D eigenvalue weighted by molar-refractivity contribution is 4.86. The quantitative estimate of drug-likeness (QED) is 0.741. The number of nitrogens with zero attached hydrogens (tertiary/aromatic N) is 1. The van der Waals surface area contributed by atoms with E-state index in [4.69, 9.17) is 5.73 Å². The van der Waals surface area contributed by atoms with Gasteiger partial charge >= 0.3 is 6.18 Å². The Morgan fingerprint density at radius 2 is 1.69 bits per heavy atom. The molecule has 2 N–H and O–H groups in total. The minimum Gasteiger partial charge on any atom is -0.329 e. The molecule has 0 saturated carbocycles. The Hall–Kier alpha value is -0.290. The van der Waals surface area contributed by atoms with Gasteiger partial charge in [-0.05, 0) is 26.3 Å². The molecule has 0 aliphatic carbocycles. The van der Waals surface area contributed by atoms with E-state index in [1.165, 1.54) is 0 Å². The summed E-state index contributed by atoms with van der Waals surface area (Å²) in [5.41, 5.74) is 5.35. The topological polar surface area (TPSA) is 29.3 Å². The minimum absolute atomic E-state index is 0.0406. The van der Waals surface area contributed by atoms with Crippen molar-refractivity contribution in [3.8, 4) is 0 Å². The van der Waals surface area contributed by atoms with Crippen LogP contribution in [-0.2, 0) is 0 Å². The lowest BCUT2D eigenvalue weighted by Gasteiger charge is -2.40. The zero-order valence-corrected chi connectivity index (χ0v) is 10.4. The summed E-state index contributed by atoms with van der Waals surface area (Å²) in [6, 6.07) is 0. The zero-order chi connectivity index (χ0) is 12.8. The maximum absolute atomic E-state index is 12.2. The van der Waals surface area contributed by atoms with Crippen molar-refractivity contribution in [2.24, 2.45) is 5.73 Å². The molecule has 0 saturated heterocycles. The average Bonchev–Trinajstić information content (AvgIpc) is 2.21. The van der Waals surface area contributed by atoms with Crippen molar-refractivity contribution >= 4 is 0 Å². The molecule has 98 valence electrons. The Kier molecular flexibility index (Phi) is 6.33. The van der Waals surface area contributed by atoms with Gasteiger partial charge < -0.3 is 5.73 Å². The molecule has 1 atom stereocenters. The van der Waals surface area contributed by atoms with Crippen molar-refractivity contribution in [2.45, 2.75) is 51.7 Å². The van der Waals surface area contributed by atoms with Gasteiger partial charge in [0.05, 0.1) is 6.42 Å². The van der Waals surface area contributed by atoms with Crippen LogP contribution in [0.3, 0.4) is 0 Å². The first-order valence-corrected chi connectivity index (χ1v) is 5.81. The van der Waals surface area contributed by atoms with Crippen molar-refractivity contribution in [3.05, 3.63) is 0 Å². The summed E-state index contributed by atoms with van der Waals surface area (Å²) >= 11 is 0. The fourth-order valence-electron chi connectivity index (χ4n) is 1.68. The zero-order valence-electron chi connectivity index (χ0n) is 10.4. The van der Waals surface area contributed by atoms with Crippen LogP contribution in [0.25, 0.3) is 0 Å². The summed E-state index contributed by atoms with van der Waals surface area (Å²) in [6.45, 7) is 6.95. The Labute approximate surface area is 96.0 Å². The monoisotopic (exact) mass is 240 g/mol. The van der Waals surface area contributed by atoms with E-state index in [2.05, 4.69) is 0 Å². The third-order valence-electron chi connectivity index (χ3n) is 3.12. The summed E-state index contributed by atoms with van der Waals surface area (Å²) in [6.07, 6.45) is -3.24. The van der Waals surface area contributed by atoms with Gasteiger partial charge in [0.15, 0.2) is 0 Å². The molecule has 0 fully saturated rings. The Morgan fingerprint density at radius 1 is 1.12 bits per heavy atom. The van der Waals surface area contributed by atoms with E-state index < -0.39 is 12.6 Å². The number of hydrogen-bond donors (Lipinski definition) is 1. The lowest BCUT2D eigenvalue weighted by Crippen LogP contribution is -2.52. The van der Waals surface area contributed by atoms with Gasteiger partial charge in [-0.15, -0.1) is 0 Å². The second kappa shape index (κ2) is 6.45. The summed E-state index contributed by atoms with van der Waals surface area (Å²) in [5, 5.41) is 0. The third-order valence-corrected chi connectivity index (χ3v) is 3.12. The molecule has 1 unspecified atom stereocenters. The predicted molar refractivity (Wildman–Crippen MR) is 60.3 cm³/mol. The van der Waals surface area contributed by atoms with E-state index in [1.54, 1.807) is 0 Å². The third kappa shape index (κ3) is 5.16. The summed E-state index contributed by atoms with van der Waals surface area (Å²) < 4.78 is 36.6. The van der Waals surface area contributed by atoms with Crippen LogP contribution in [-0.4, -0.2) is 36.2 Å². The fraction of sp³-hybridized carbons (Fsp3) is 1.00. The highest BCUT2D eigenvalue weighted by atomic mass is 19.4. The average molecular weight is 240 g/mol. The molecule has 16 heavy (non-hydrogen) atoms. The van der Waals surface area contributed by atoms with E-state index in [0.29, 0.717) is 13.1 Å². The maximum atomic E-state index is 12.2. The number of alkyl halides is 3. The molecule has 0 bridgehead atoms. The highest BCUT2D eigenvalue weighted by Crippen LogP contribution is 2.24. The van der Waals surface area contributed by atoms with Crippen molar-refractivity contribution < 1.29 is 13.2 Å². The largest absolute Gasteiger partial charge is 0.390 e. The van der Waals surface area contributed by atoms with E-state index in [1.807, 2.05) is 25.7 Å². The molecule has 5 heteroatoms. The number of nitrogens with two attached hydrogens (primary N) is 1. The van der Waals surface area contributed by atoms with Crippen molar-refractivity contribution in [1.82, 2.24) is 4.90 Å². The summed E-state index contributed by atoms with van der Waals surface area (Å²) in [4.78, 5) is 1.86. The second-order valence-electron chi connectivity index (χ2n) is 4.41. The van der Waals surface area contributed by atoms with Gasteiger partial charge in [-0.25, -0.2) is 0 Å². The molecule has 0 aliphatic heterocycles. The molecule has 0 aromatic rings. The van der Waals surface area contributed by atoms with Crippen LogP contribution in [0.4, 0.5) is 13.2 Å². The van der Waals surface area contributed by atoms with E-state index in [-0.39, 0.29) is 12.1 Å². The van der Waals surface area contributed by atoms with Crippen LogP contribution in [0.15, 0.2) is 0 Å². The Bertz CT molecular complexity index is 188. The molecule has 2 nitrogen and oxygen atoms in total. The first-order chi connectivity index (χ1) is 7.29. The van der Waals surface area contributed by atoms with Crippen LogP contribution in [0.1, 0.15) is 40.0 Å². The van der Waals surface area contributed by atoms with Gasteiger partial charge in [-0.1, -0.05) is 13.8 Å². The Balaban J connectivity index is 4.47. The molecule has 0 aromatic carbocycles. The number of rotatable bonds is 7. The molecular formula is C11H23F3N2. The van der Waals surface area contributed by atoms with E-state index in [9.17, 15) is 13.2 Å². The Morgan fingerprint density at radius 3 is 2.00 bits per heavy atom. The molecular weight excluding hydrogens is 217 g/mol. The standard InChI is InChI=1S/C11H23F3N2/c1-4-7-16(8-6-11(12,13)14)10(3,5-2)9-15/h4-9,15H2,1-3H3. The SMILES string of the molecule is CCCN(CCC(F)(F)F)C(C)(CC)CN. The van der Waals surface area contributed by atoms with Crippen LogP contribution in [0.5, 0.6) is 0 Å². The van der Waals surface area contributed by atoms with Gasteiger partial charge in [-0.2, -0.15) is 13.2 Å². The molecule has 0 amide bonds. The van der Waals surface area contributed by atoms with Crippen LogP contribution < -0.4 is 5.73 Å². The van der Waals surface area contributed by atoms with Gasteiger partial charge in [0.1, 0.15) is 0 Å². The van der Waals surface area contributed by atoms with Crippen LogP contribution in [0, 0.1) is 0 Å². The second-order valence-corrected chi connectivity index (χ2v) is 4.41. The molecule has 0 heterocycles. The number of hydrogen-bond acceptors (Lipinski definition) is 2. The van der Waals surface area contributed by atoms with E-state index in [0.717, 1.165) is 12.8 Å². The van der Waals surface area contributed by atoms with Gasteiger partial charge in [0.25, 0.3) is 0 Å². The number of halogens is 3. The first kappa shape index (κ1) is 15.7. The molecule has 0 radical (unpaired) electrons. The van der Waals surface area contributed by atoms with Crippen molar-refractivity contribution in [3.63, 3.8) is 0 Å². The highest BCUT2D eigenvalue weighted by Gasteiger charge is 2.33. The molecule has 0 aromatic heterocycles. The van der Waals surface area contributed by atoms with Crippen molar-refractivity contribution in [1.29, 1.82) is 0 Å².